The predicted molar refractivity (Wildman–Crippen MR) is 121 cm³/mol. The minimum atomic E-state index is -0.303. The van der Waals surface area contributed by atoms with Gasteiger partial charge in [0.05, 0.1) is 38.6 Å². The van der Waals surface area contributed by atoms with Crippen molar-refractivity contribution in [2.45, 2.75) is 13.1 Å². The molecule has 0 saturated carbocycles. The summed E-state index contributed by atoms with van der Waals surface area (Å²) < 4.78 is 10.7. The normalized spacial score (nSPS) is 12.6. The van der Waals surface area contributed by atoms with Gasteiger partial charge in [0, 0.05) is 18.3 Å². The summed E-state index contributed by atoms with van der Waals surface area (Å²) >= 11 is 0. The molecule has 2 N–H and O–H groups in total. The number of para-hydroxylation sites is 1. The highest BCUT2D eigenvalue weighted by molar-refractivity contribution is 6.04. The quantitative estimate of drug-likeness (QED) is 0.596. The lowest BCUT2D eigenvalue weighted by atomic mass is 10.1. The number of hydrogen-bond donors (Lipinski definition) is 2. The van der Waals surface area contributed by atoms with E-state index >= 15 is 0 Å². The highest BCUT2D eigenvalue weighted by Crippen LogP contribution is 2.31. The van der Waals surface area contributed by atoms with Crippen molar-refractivity contribution in [2.75, 3.05) is 31.0 Å². The number of nitrogens with zero attached hydrogens (tertiary/aromatic N) is 2. The molecule has 2 amide bonds. The highest BCUT2D eigenvalue weighted by Gasteiger charge is 2.26. The third-order valence-corrected chi connectivity index (χ3v) is 5.24. The van der Waals surface area contributed by atoms with Crippen molar-refractivity contribution < 1.29 is 19.1 Å². The van der Waals surface area contributed by atoms with Crippen LogP contribution in [0.1, 0.15) is 21.5 Å². The van der Waals surface area contributed by atoms with Crippen molar-refractivity contribution in [3.63, 3.8) is 0 Å². The van der Waals surface area contributed by atoms with Crippen LogP contribution < -0.4 is 25.0 Å². The SMILES string of the molecule is COc1cccc(CNC(=O)c2cnc3c(c2)N(Cc2ccccc2)C(=O)CN3)c1OC. The van der Waals surface area contributed by atoms with Gasteiger partial charge in [-0.2, -0.15) is 0 Å². The number of anilines is 2. The van der Waals surface area contributed by atoms with E-state index in [9.17, 15) is 9.59 Å². The Morgan fingerprint density at radius 2 is 1.94 bits per heavy atom. The second kappa shape index (κ2) is 9.38. The molecule has 2 aromatic carbocycles. The third kappa shape index (κ3) is 4.34. The van der Waals surface area contributed by atoms with Crippen LogP contribution in [0.2, 0.25) is 0 Å². The molecule has 0 spiro atoms. The number of benzene rings is 2. The van der Waals surface area contributed by atoms with Crippen LogP contribution in [0, 0.1) is 0 Å². The van der Waals surface area contributed by atoms with Gasteiger partial charge in [-0.1, -0.05) is 42.5 Å². The molecule has 2 heterocycles. The van der Waals surface area contributed by atoms with E-state index in [0.29, 0.717) is 35.1 Å². The first kappa shape index (κ1) is 21.2. The van der Waals surface area contributed by atoms with Gasteiger partial charge < -0.3 is 25.0 Å². The van der Waals surface area contributed by atoms with Crippen molar-refractivity contribution in [3.8, 4) is 11.5 Å². The maximum absolute atomic E-state index is 12.9. The standard InChI is InChI=1S/C24H24N4O4/c1-31-20-10-6-9-17(22(20)32-2)12-27-24(30)18-11-19-23(25-13-18)26-14-21(29)28(19)15-16-7-4-3-5-8-16/h3-11,13H,12,14-15H2,1-2H3,(H,25,26)(H,27,30). The zero-order chi connectivity index (χ0) is 22.5. The molecule has 1 aliphatic heterocycles. The Morgan fingerprint density at radius 3 is 2.69 bits per heavy atom. The van der Waals surface area contributed by atoms with Crippen LogP contribution in [-0.2, 0) is 17.9 Å². The minimum absolute atomic E-state index is 0.0816. The maximum Gasteiger partial charge on any atom is 0.253 e. The molecular formula is C24H24N4O4. The van der Waals surface area contributed by atoms with Crippen LogP contribution in [0.25, 0.3) is 0 Å². The van der Waals surface area contributed by atoms with Gasteiger partial charge in [0.15, 0.2) is 17.3 Å². The first-order valence-electron chi connectivity index (χ1n) is 10.2. The van der Waals surface area contributed by atoms with E-state index in [1.807, 2.05) is 42.5 Å². The molecule has 3 aromatic rings. The van der Waals surface area contributed by atoms with Gasteiger partial charge in [-0.15, -0.1) is 0 Å². The molecule has 0 unspecified atom stereocenters. The summed E-state index contributed by atoms with van der Waals surface area (Å²) in [5.74, 6) is 1.36. The summed E-state index contributed by atoms with van der Waals surface area (Å²) in [5, 5.41) is 5.90. The lowest BCUT2D eigenvalue weighted by molar-refractivity contribution is -0.117. The van der Waals surface area contributed by atoms with Gasteiger partial charge in [-0.25, -0.2) is 4.98 Å². The number of carbonyl (C=O) groups is 2. The Balaban J connectivity index is 1.54. The van der Waals surface area contributed by atoms with E-state index in [-0.39, 0.29) is 24.9 Å². The zero-order valence-electron chi connectivity index (χ0n) is 17.9. The summed E-state index contributed by atoms with van der Waals surface area (Å²) in [7, 11) is 3.12. The van der Waals surface area contributed by atoms with Crippen molar-refractivity contribution in [1.82, 2.24) is 10.3 Å². The van der Waals surface area contributed by atoms with E-state index in [2.05, 4.69) is 15.6 Å². The summed E-state index contributed by atoms with van der Waals surface area (Å²) in [6, 6.07) is 16.9. The second-order valence-electron chi connectivity index (χ2n) is 7.25. The number of rotatable bonds is 7. The fraction of sp³-hybridized carbons (Fsp3) is 0.208. The van der Waals surface area contributed by atoms with E-state index in [0.717, 1.165) is 11.1 Å². The number of ether oxygens (including phenoxy) is 2. The third-order valence-electron chi connectivity index (χ3n) is 5.24. The van der Waals surface area contributed by atoms with Crippen molar-refractivity contribution in [2.24, 2.45) is 0 Å². The minimum Gasteiger partial charge on any atom is -0.493 e. The number of fused-ring (bicyclic) bond motifs is 1. The first-order chi connectivity index (χ1) is 15.6. The summed E-state index contributed by atoms with van der Waals surface area (Å²) in [6.45, 7) is 0.817. The maximum atomic E-state index is 12.9. The highest BCUT2D eigenvalue weighted by atomic mass is 16.5. The van der Waals surface area contributed by atoms with Crippen LogP contribution in [0.15, 0.2) is 60.8 Å². The van der Waals surface area contributed by atoms with Crippen LogP contribution in [-0.4, -0.2) is 37.6 Å². The molecule has 1 aliphatic rings. The predicted octanol–water partition coefficient (Wildman–Crippen LogP) is 2.99. The summed E-state index contributed by atoms with van der Waals surface area (Å²) in [6.07, 6.45) is 1.50. The second-order valence-corrected chi connectivity index (χ2v) is 7.25. The Labute approximate surface area is 186 Å². The van der Waals surface area contributed by atoms with E-state index in [1.54, 1.807) is 31.3 Å². The smallest absolute Gasteiger partial charge is 0.253 e. The van der Waals surface area contributed by atoms with Gasteiger partial charge in [0.2, 0.25) is 5.91 Å². The molecule has 8 heteroatoms. The molecule has 0 bridgehead atoms. The van der Waals surface area contributed by atoms with Gasteiger partial charge in [0.25, 0.3) is 5.91 Å². The van der Waals surface area contributed by atoms with Crippen molar-refractivity contribution >= 4 is 23.3 Å². The molecule has 8 nitrogen and oxygen atoms in total. The summed E-state index contributed by atoms with van der Waals surface area (Å²) in [5.41, 5.74) is 2.72. The van der Waals surface area contributed by atoms with Crippen molar-refractivity contribution in [3.05, 3.63) is 77.5 Å². The van der Waals surface area contributed by atoms with Crippen LogP contribution in [0.3, 0.4) is 0 Å². The Morgan fingerprint density at radius 1 is 1.12 bits per heavy atom. The zero-order valence-corrected chi connectivity index (χ0v) is 17.9. The number of hydrogen-bond acceptors (Lipinski definition) is 6. The molecule has 1 aromatic heterocycles. The van der Waals surface area contributed by atoms with Crippen LogP contribution >= 0.6 is 0 Å². The Hall–Kier alpha value is -4.07. The fourth-order valence-corrected chi connectivity index (χ4v) is 3.62. The number of pyridine rings is 1. The fourth-order valence-electron chi connectivity index (χ4n) is 3.62. The monoisotopic (exact) mass is 432 g/mol. The molecule has 0 atom stereocenters. The molecule has 0 aliphatic carbocycles. The Kier molecular flexibility index (Phi) is 6.21. The van der Waals surface area contributed by atoms with Gasteiger partial charge >= 0.3 is 0 Å². The molecule has 164 valence electrons. The van der Waals surface area contributed by atoms with Gasteiger partial charge in [-0.05, 0) is 17.7 Å². The number of methoxy groups -OCH3 is 2. The lowest BCUT2D eigenvalue weighted by Gasteiger charge is -2.29. The van der Waals surface area contributed by atoms with E-state index in [1.165, 1.54) is 6.20 Å². The number of aromatic nitrogens is 1. The topological polar surface area (TPSA) is 92.8 Å². The molecule has 32 heavy (non-hydrogen) atoms. The first-order valence-corrected chi connectivity index (χ1v) is 10.2. The van der Waals surface area contributed by atoms with Gasteiger partial charge in [0.1, 0.15) is 0 Å². The molecule has 0 fully saturated rings. The molecular weight excluding hydrogens is 408 g/mol. The average Bonchev–Trinajstić information content (AvgIpc) is 2.84. The number of nitrogens with one attached hydrogen (secondary N) is 2. The van der Waals surface area contributed by atoms with E-state index in [4.69, 9.17) is 9.47 Å². The van der Waals surface area contributed by atoms with Crippen molar-refractivity contribution in [1.29, 1.82) is 0 Å². The van der Waals surface area contributed by atoms with Gasteiger partial charge in [-0.3, -0.25) is 9.59 Å². The molecule has 0 radical (unpaired) electrons. The lowest BCUT2D eigenvalue weighted by Crippen LogP contribution is -2.40. The average molecular weight is 432 g/mol. The Bertz CT molecular complexity index is 1130. The van der Waals surface area contributed by atoms with Crippen LogP contribution in [0.5, 0.6) is 11.5 Å². The summed E-state index contributed by atoms with van der Waals surface area (Å²) in [4.78, 5) is 31.5. The van der Waals surface area contributed by atoms with E-state index < -0.39 is 0 Å². The van der Waals surface area contributed by atoms with Crippen LogP contribution in [0.4, 0.5) is 11.5 Å². The molecule has 4 rings (SSSR count). The molecule has 0 saturated heterocycles. The number of carbonyl (C=O) groups excluding carboxylic acids is 2. The largest absolute Gasteiger partial charge is 0.493 e. The number of amides is 2.